The molecule has 0 aromatic carbocycles. The van der Waals surface area contributed by atoms with E-state index in [0.717, 1.165) is 0 Å². The van der Waals surface area contributed by atoms with Crippen LogP contribution in [0, 0.1) is 0 Å². The molecule has 0 bridgehead atoms. The van der Waals surface area contributed by atoms with E-state index in [-0.39, 0.29) is 0 Å². The molecule has 0 nitrogen and oxygen atoms in total. The van der Waals surface area contributed by atoms with Crippen molar-refractivity contribution in [2.75, 3.05) is 0 Å². The van der Waals surface area contributed by atoms with Crippen molar-refractivity contribution in [2.45, 2.75) is 18.3 Å². The first kappa shape index (κ1) is 14.4. The summed E-state index contributed by atoms with van der Waals surface area (Å²) in [5, 5.41) is -3.13. The van der Waals surface area contributed by atoms with Crippen LogP contribution in [0.3, 0.4) is 0 Å². The molecule has 10 heteroatoms. The maximum atomic E-state index is 12.1. The first-order chi connectivity index (χ1) is 6.32. The molecule has 0 saturated carbocycles. The third-order valence-electron chi connectivity index (χ3n) is 1.07. The van der Waals surface area contributed by atoms with E-state index in [1.807, 2.05) is 0 Å². The van der Waals surface area contributed by atoms with E-state index in [0.29, 0.717) is 0 Å². The van der Waals surface area contributed by atoms with Crippen LogP contribution in [0.15, 0.2) is 10.9 Å². The standard InChI is InChI=1S/C5ClF9/c6-1(4(10,11)12)2(7)3(8,9)5(13,14)15/b2-1+. The van der Waals surface area contributed by atoms with E-state index in [4.69, 9.17) is 0 Å². The second-order valence-electron chi connectivity index (χ2n) is 2.20. The lowest BCUT2D eigenvalue weighted by Gasteiger charge is -2.19. The second-order valence-corrected chi connectivity index (χ2v) is 2.58. The van der Waals surface area contributed by atoms with Gasteiger partial charge in [-0.15, -0.1) is 0 Å². The number of hydrogen-bond acceptors (Lipinski definition) is 0. The van der Waals surface area contributed by atoms with Gasteiger partial charge in [-0.1, -0.05) is 11.6 Å². The zero-order valence-corrected chi connectivity index (χ0v) is 7.04. The van der Waals surface area contributed by atoms with Crippen molar-refractivity contribution >= 4 is 11.6 Å². The molecule has 90 valence electrons. The Kier molecular flexibility index (Phi) is 3.61. The van der Waals surface area contributed by atoms with E-state index in [1.54, 1.807) is 0 Å². The van der Waals surface area contributed by atoms with Gasteiger partial charge in [-0.2, -0.15) is 35.1 Å². The topological polar surface area (TPSA) is 0 Å². The molecule has 0 atom stereocenters. The zero-order valence-electron chi connectivity index (χ0n) is 6.28. The average molecular weight is 266 g/mol. The molecule has 15 heavy (non-hydrogen) atoms. The summed E-state index contributed by atoms with van der Waals surface area (Å²) in [6, 6.07) is 0. The highest BCUT2D eigenvalue weighted by atomic mass is 35.5. The van der Waals surface area contributed by atoms with Crippen LogP contribution in [-0.4, -0.2) is 18.3 Å². The van der Waals surface area contributed by atoms with Crippen LogP contribution in [0.25, 0.3) is 0 Å². The van der Waals surface area contributed by atoms with E-state index < -0.39 is 29.1 Å². The first-order valence-electron chi connectivity index (χ1n) is 2.89. The molecule has 0 heterocycles. The Labute approximate surface area is 81.3 Å². The van der Waals surface area contributed by atoms with Gasteiger partial charge in [0.1, 0.15) is 0 Å². The fourth-order valence-electron chi connectivity index (χ4n) is 0.387. The minimum absolute atomic E-state index is 3.13. The fourth-order valence-corrected chi connectivity index (χ4v) is 0.505. The summed E-state index contributed by atoms with van der Waals surface area (Å²) in [6.45, 7) is 0. The van der Waals surface area contributed by atoms with Gasteiger partial charge in [0.2, 0.25) is 5.83 Å². The molecule has 0 radical (unpaired) electrons. The molecule has 0 spiro atoms. The van der Waals surface area contributed by atoms with E-state index in [1.165, 1.54) is 0 Å². The Morgan fingerprint density at radius 1 is 0.800 bits per heavy atom. The van der Waals surface area contributed by atoms with Gasteiger partial charge in [-0.05, 0) is 0 Å². The Hall–Kier alpha value is -0.600. The number of halogens is 10. The normalized spacial score (nSPS) is 16.4. The Balaban J connectivity index is 5.44. The van der Waals surface area contributed by atoms with Crippen LogP contribution in [0.1, 0.15) is 0 Å². The summed E-state index contributed by atoms with van der Waals surface area (Å²) < 4.78 is 105. The average Bonchev–Trinajstić information content (AvgIpc) is 1.97. The van der Waals surface area contributed by atoms with Crippen LogP contribution >= 0.6 is 11.6 Å². The van der Waals surface area contributed by atoms with Gasteiger partial charge in [0.25, 0.3) is 0 Å². The molecule has 0 N–H and O–H groups in total. The van der Waals surface area contributed by atoms with Gasteiger partial charge in [0.05, 0.1) is 0 Å². The van der Waals surface area contributed by atoms with Crippen LogP contribution in [-0.2, 0) is 0 Å². The smallest absolute Gasteiger partial charge is 0.203 e. The van der Waals surface area contributed by atoms with Crippen molar-refractivity contribution in [2.24, 2.45) is 0 Å². The lowest BCUT2D eigenvalue weighted by Crippen LogP contribution is -2.38. The minimum Gasteiger partial charge on any atom is -0.203 e. The highest BCUT2D eigenvalue weighted by Crippen LogP contribution is 2.46. The minimum atomic E-state index is -6.48. The van der Waals surface area contributed by atoms with Gasteiger partial charge in [0, 0.05) is 0 Å². The summed E-state index contributed by atoms with van der Waals surface area (Å²) in [7, 11) is 0. The van der Waals surface area contributed by atoms with Crippen molar-refractivity contribution in [3.05, 3.63) is 10.9 Å². The number of hydrogen-bond donors (Lipinski definition) is 0. The quantitative estimate of drug-likeness (QED) is 0.625. The summed E-state index contributed by atoms with van der Waals surface area (Å²) in [6.07, 6.45) is -12.3. The lowest BCUT2D eigenvalue weighted by atomic mass is 10.2. The van der Waals surface area contributed by atoms with Crippen LogP contribution < -0.4 is 0 Å². The lowest BCUT2D eigenvalue weighted by molar-refractivity contribution is -0.271. The molecule has 0 aromatic heterocycles. The Morgan fingerprint density at radius 2 is 1.13 bits per heavy atom. The van der Waals surface area contributed by atoms with Crippen LogP contribution in [0.4, 0.5) is 39.5 Å². The zero-order chi connectivity index (χ0) is 12.7. The van der Waals surface area contributed by atoms with Crippen molar-refractivity contribution in [3.8, 4) is 0 Å². The molecule has 0 unspecified atom stereocenters. The van der Waals surface area contributed by atoms with Gasteiger partial charge < -0.3 is 0 Å². The molecule has 0 fully saturated rings. The first-order valence-corrected chi connectivity index (χ1v) is 3.27. The molecule has 0 aliphatic rings. The SMILES string of the molecule is F/C(=C(/Cl)C(F)(F)F)C(F)(F)C(F)(F)F. The Morgan fingerprint density at radius 3 is 1.33 bits per heavy atom. The molecule has 0 aliphatic heterocycles. The third-order valence-corrected chi connectivity index (χ3v) is 1.45. The molecule has 0 rings (SSSR count). The molecule has 0 aliphatic carbocycles. The summed E-state index contributed by atoms with van der Waals surface area (Å²) in [5.41, 5.74) is 0. The van der Waals surface area contributed by atoms with Crippen molar-refractivity contribution in [1.29, 1.82) is 0 Å². The summed E-state index contributed by atoms with van der Waals surface area (Å²) in [5.74, 6) is -10.0. The van der Waals surface area contributed by atoms with Crippen molar-refractivity contribution < 1.29 is 39.5 Å². The number of allylic oxidation sites excluding steroid dienone is 2. The molecule has 0 amide bonds. The third kappa shape index (κ3) is 2.93. The highest BCUT2D eigenvalue weighted by molar-refractivity contribution is 6.30. The van der Waals surface area contributed by atoms with Crippen molar-refractivity contribution in [3.63, 3.8) is 0 Å². The van der Waals surface area contributed by atoms with E-state index in [2.05, 4.69) is 11.6 Å². The molecular formula is C5ClF9. The number of alkyl halides is 8. The summed E-state index contributed by atoms with van der Waals surface area (Å²) in [4.78, 5) is 0. The fraction of sp³-hybridized carbons (Fsp3) is 0.600. The van der Waals surface area contributed by atoms with Gasteiger partial charge in [-0.25, -0.2) is 4.39 Å². The molecular weight excluding hydrogens is 266 g/mol. The maximum Gasteiger partial charge on any atom is 0.460 e. The molecule has 0 saturated heterocycles. The Bertz CT molecular complexity index is 269. The maximum absolute atomic E-state index is 12.1. The predicted molar refractivity (Wildman–Crippen MR) is 31.0 cm³/mol. The van der Waals surface area contributed by atoms with Gasteiger partial charge >= 0.3 is 18.3 Å². The predicted octanol–water partition coefficient (Wildman–Crippen LogP) is 4.17. The van der Waals surface area contributed by atoms with Crippen LogP contribution in [0.5, 0.6) is 0 Å². The van der Waals surface area contributed by atoms with Gasteiger partial charge in [-0.3, -0.25) is 0 Å². The second kappa shape index (κ2) is 3.76. The van der Waals surface area contributed by atoms with Gasteiger partial charge in [0.15, 0.2) is 5.03 Å². The van der Waals surface area contributed by atoms with Crippen LogP contribution in [0.2, 0.25) is 0 Å². The summed E-state index contributed by atoms with van der Waals surface area (Å²) >= 11 is 4.00. The van der Waals surface area contributed by atoms with E-state index in [9.17, 15) is 39.5 Å². The van der Waals surface area contributed by atoms with E-state index >= 15 is 0 Å². The largest absolute Gasteiger partial charge is 0.460 e. The van der Waals surface area contributed by atoms with Crippen molar-refractivity contribution in [1.82, 2.24) is 0 Å². The monoisotopic (exact) mass is 266 g/mol. The number of rotatable bonds is 1. The highest BCUT2D eigenvalue weighted by Gasteiger charge is 2.63. The molecule has 0 aromatic rings.